The molecule has 3 fully saturated rings. The van der Waals surface area contributed by atoms with Crippen LogP contribution in [0.3, 0.4) is 0 Å². The number of anilines is 2. The molecule has 6 atom stereocenters. The van der Waals surface area contributed by atoms with Gasteiger partial charge < -0.3 is 19.6 Å². The zero-order valence-corrected chi connectivity index (χ0v) is 16.1. The van der Waals surface area contributed by atoms with Gasteiger partial charge in [-0.05, 0) is 18.6 Å². The molecule has 0 radical (unpaired) electrons. The molecule has 1 amide bonds. The quantitative estimate of drug-likeness (QED) is 0.844. The summed E-state index contributed by atoms with van der Waals surface area (Å²) in [6.07, 6.45) is 1.82. The van der Waals surface area contributed by atoms with Gasteiger partial charge in [0.05, 0.1) is 36.6 Å². The fourth-order valence-corrected chi connectivity index (χ4v) is 5.12. The number of carbonyl (C=O) groups excluding carboxylic acids is 1. The van der Waals surface area contributed by atoms with Gasteiger partial charge in [0.2, 0.25) is 11.9 Å². The van der Waals surface area contributed by atoms with Crippen LogP contribution in [0.1, 0.15) is 6.42 Å². The number of fused-ring (bicyclic) bond motifs is 4. The number of hydrogen-bond donors (Lipinski definition) is 1. The summed E-state index contributed by atoms with van der Waals surface area (Å²) in [7, 11) is 1.78. The number of ether oxygens (including phenoxy) is 1. The van der Waals surface area contributed by atoms with Gasteiger partial charge in [0.15, 0.2) is 0 Å². The molecule has 0 spiro atoms. The first-order valence-corrected chi connectivity index (χ1v) is 9.91. The van der Waals surface area contributed by atoms with Gasteiger partial charge in [0.1, 0.15) is 5.82 Å². The number of aliphatic hydroxyl groups excluding tert-OH is 1. The van der Waals surface area contributed by atoms with Gasteiger partial charge in [-0.25, -0.2) is 9.97 Å². The molecule has 8 heteroatoms. The summed E-state index contributed by atoms with van der Waals surface area (Å²) in [5, 5.41) is 10.9. The van der Waals surface area contributed by atoms with Crippen LogP contribution in [0.15, 0.2) is 42.7 Å². The first-order chi connectivity index (χ1) is 14.0. The Morgan fingerprint density at radius 3 is 2.69 bits per heavy atom. The van der Waals surface area contributed by atoms with Gasteiger partial charge in [0, 0.05) is 37.7 Å². The van der Waals surface area contributed by atoms with E-state index in [0.29, 0.717) is 25.3 Å². The maximum Gasteiger partial charge on any atom is 0.232 e. The number of para-hydroxylation sites is 1. The van der Waals surface area contributed by atoms with Crippen LogP contribution in [0, 0.1) is 23.7 Å². The zero-order chi connectivity index (χ0) is 20.1. The van der Waals surface area contributed by atoms with E-state index in [0.717, 1.165) is 11.9 Å². The summed E-state index contributed by atoms with van der Waals surface area (Å²) >= 11 is 0. The lowest BCUT2D eigenvalue weighted by Gasteiger charge is -2.36. The van der Waals surface area contributed by atoms with E-state index in [4.69, 9.17) is 4.74 Å². The number of nitrogens with zero attached hydrogens (tertiary/aromatic N) is 4. The second kappa shape index (κ2) is 7.03. The van der Waals surface area contributed by atoms with Crippen molar-refractivity contribution in [2.75, 3.05) is 29.9 Å². The van der Waals surface area contributed by atoms with Crippen LogP contribution in [0.4, 0.5) is 15.9 Å². The molecule has 0 saturated carbocycles. The van der Waals surface area contributed by atoms with Crippen molar-refractivity contribution in [3.8, 4) is 0 Å². The van der Waals surface area contributed by atoms with E-state index in [1.165, 1.54) is 6.20 Å². The van der Waals surface area contributed by atoms with Gasteiger partial charge in [-0.15, -0.1) is 0 Å². The molecule has 7 nitrogen and oxygen atoms in total. The molecule has 0 aliphatic carbocycles. The molecule has 1 N–H and O–H groups in total. The normalized spacial score (nSPS) is 32.9. The number of amides is 1. The third-order valence-electron chi connectivity index (χ3n) is 6.59. The Morgan fingerprint density at radius 2 is 1.97 bits per heavy atom. The summed E-state index contributed by atoms with van der Waals surface area (Å²) in [5.41, 5.74) is 0.839. The molecule has 1 aromatic carbocycles. The molecule has 4 heterocycles. The van der Waals surface area contributed by atoms with Crippen molar-refractivity contribution >= 4 is 17.4 Å². The Labute approximate surface area is 168 Å². The molecule has 1 aromatic heterocycles. The summed E-state index contributed by atoms with van der Waals surface area (Å²) < 4.78 is 19.2. The third-order valence-corrected chi connectivity index (χ3v) is 6.59. The van der Waals surface area contributed by atoms with Crippen LogP contribution in [0.2, 0.25) is 0 Å². The van der Waals surface area contributed by atoms with Crippen LogP contribution in [0.5, 0.6) is 0 Å². The molecule has 29 heavy (non-hydrogen) atoms. The SMILES string of the molecule is CN(C(=O)C1C[C@@H]2O[C@H]1[C@H]1CN(c3cnc(F)cn3)C[C@H]1[C@@H]2O)c1ccccc1. The summed E-state index contributed by atoms with van der Waals surface area (Å²) in [4.78, 5) is 24.7. The number of benzene rings is 1. The fourth-order valence-electron chi connectivity index (χ4n) is 5.12. The Bertz CT molecular complexity index is 897. The second-order valence-electron chi connectivity index (χ2n) is 8.13. The molecular weight excluding hydrogens is 375 g/mol. The minimum Gasteiger partial charge on any atom is -0.390 e. The van der Waals surface area contributed by atoms with Crippen molar-refractivity contribution in [3.63, 3.8) is 0 Å². The monoisotopic (exact) mass is 398 g/mol. The van der Waals surface area contributed by atoms with Gasteiger partial charge in [-0.3, -0.25) is 4.79 Å². The summed E-state index contributed by atoms with van der Waals surface area (Å²) in [5.74, 6) is -0.333. The van der Waals surface area contributed by atoms with Crippen molar-refractivity contribution in [2.24, 2.45) is 17.8 Å². The number of rotatable bonds is 3. The van der Waals surface area contributed by atoms with Gasteiger partial charge in [-0.1, -0.05) is 18.2 Å². The average molecular weight is 398 g/mol. The van der Waals surface area contributed by atoms with E-state index in [1.807, 2.05) is 35.2 Å². The highest BCUT2D eigenvalue weighted by Crippen LogP contribution is 2.48. The number of halogens is 1. The first-order valence-electron chi connectivity index (χ1n) is 9.91. The van der Waals surface area contributed by atoms with E-state index in [1.54, 1.807) is 11.9 Å². The first kappa shape index (κ1) is 18.4. The number of carbonyl (C=O) groups is 1. The average Bonchev–Trinajstić information content (AvgIpc) is 3.36. The zero-order valence-electron chi connectivity index (χ0n) is 16.1. The Morgan fingerprint density at radius 1 is 1.21 bits per heavy atom. The molecular formula is C21H23FN4O3. The maximum atomic E-state index is 13.3. The Hall–Kier alpha value is -2.58. The molecule has 5 rings (SSSR count). The number of aromatic nitrogens is 2. The standard InChI is InChI=1S/C21H23FN4O3/c1-25(12-5-3-2-4-6-12)21(28)13-7-16-19(27)14-10-26(11-15(14)20(13)29-16)18-9-23-17(22)8-24-18/h2-6,8-9,13-16,19-20,27H,7,10-11H2,1H3/t13?,14-,15+,16+,19+,20-/m1/s1. The van der Waals surface area contributed by atoms with Crippen LogP contribution in [-0.4, -0.2) is 59.4 Å². The predicted molar refractivity (Wildman–Crippen MR) is 104 cm³/mol. The lowest BCUT2D eigenvalue weighted by Crippen LogP contribution is -2.47. The Balaban J connectivity index is 1.37. The third kappa shape index (κ3) is 3.07. The predicted octanol–water partition coefficient (Wildman–Crippen LogP) is 1.48. The largest absolute Gasteiger partial charge is 0.390 e. The minimum atomic E-state index is -0.630. The van der Waals surface area contributed by atoms with Gasteiger partial charge >= 0.3 is 0 Å². The van der Waals surface area contributed by atoms with E-state index in [9.17, 15) is 14.3 Å². The van der Waals surface area contributed by atoms with Gasteiger partial charge in [0.25, 0.3) is 0 Å². The van der Waals surface area contributed by atoms with Gasteiger partial charge in [-0.2, -0.15) is 4.39 Å². The second-order valence-corrected chi connectivity index (χ2v) is 8.13. The van der Waals surface area contributed by atoms with Crippen LogP contribution >= 0.6 is 0 Å². The minimum absolute atomic E-state index is 0.00808. The summed E-state index contributed by atoms with van der Waals surface area (Å²) in [6.45, 7) is 1.19. The molecule has 2 bridgehead atoms. The lowest BCUT2D eigenvalue weighted by molar-refractivity contribution is -0.139. The molecule has 2 aromatic rings. The Kier molecular flexibility index (Phi) is 4.48. The van der Waals surface area contributed by atoms with Crippen LogP contribution in [-0.2, 0) is 9.53 Å². The smallest absolute Gasteiger partial charge is 0.232 e. The van der Waals surface area contributed by atoms with Crippen molar-refractivity contribution in [2.45, 2.75) is 24.7 Å². The highest BCUT2D eigenvalue weighted by Gasteiger charge is 2.58. The maximum absolute atomic E-state index is 13.3. The molecule has 3 saturated heterocycles. The van der Waals surface area contributed by atoms with Crippen LogP contribution in [0.25, 0.3) is 0 Å². The fraction of sp³-hybridized carbons (Fsp3) is 0.476. The topological polar surface area (TPSA) is 78.8 Å². The van der Waals surface area contributed by atoms with Crippen LogP contribution < -0.4 is 9.80 Å². The van der Waals surface area contributed by atoms with Crippen molar-refractivity contribution in [1.29, 1.82) is 0 Å². The lowest BCUT2D eigenvalue weighted by atomic mass is 9.83. The van der Waals surface area contributed by atoms with E-state index < -0.39 is 12.1 Å². The molecule has 152 valence electrons. The molecule has 1 unspecified atom stereocenters. The number of hydrogen-bond acceptors (Lipinski definition) is 6. The van der Waals surface area contributed by atoms with Crippen molar-refractivity contribution in [1.82, 2.24) is 9.97 Å². The number of aliphatic hydroxyl groups is 1. The molecule has 3 aliphatic rings. The highest BCUT2D eigenvalue weighted by atomic mass is 19.1. The van der Waals surface area contributed by atoms with E-state index >= 15 is 0 Å². The van der Waals surface area contributed by atoms with E-state index in [-0.39, 0.29) is 35.9 Å². The molecule has 3 aliphatic heterocycles. The van der Waals surface area contributed by atoms with E-state index in [2.05, 4.69) is 9.97 Å². The van der Waals surface area contributed by atoms with Crippen molar-refractivity contribution < 1.29 is 19.0 Å². The summed E-state index contributed by atoms with van der Waals surface area (Å²) in [6, 6.07) is 9.53. The van der Waals surface area contributed by atoms with Crippen molar-refractivity contribution in [3.05, 3.63) is 48.7 Å². The highest BCUT2D eigenvalue weighted by molar-refractivity contribution is 5.95.